The minimum absolute atomic E-state index is 0.00625. The fourth-order valence-corrected chi connectivity index (χ4v) is 3.54. The fraction of sp³-hybridized carbons (Fsp3) is 0.476. The summed E-state index contributed by atoms with van der Waals surface area (Å²) in [6.45, 7) is 6.43. The topological polar surface area (TPSA) is 80.1 Å². The van der Waals surface area contributed by atoms with Crippen LogP contribution in [-0.2, 0) is 9.59 Å². The highest BCUT2D eigenvalue weighted by molar-refractivity contribution is 5.81. The second-order valence-corrected chi connectivity index (χ2v) is 6.91. The highest BCUT2D eigenvalue weighted by atomic mass is 16.5. The van der Waals surface area contributed by atoms with Crippen molar-refractivity contribution in [2.75, 3.05) is 32.8 Å². The first-order chi connectivity index (χ1) is 13.5. The van der Waals surface area contributed by atoms with Gasteiger partial charge >= 0.3 is 5.63 Å². The summed E-state index contributed by atoms with van der Waals surface area (Å²) in [5.41, 5.74) is -0.00367. The Morgan fingerprint density at radius 3 is 2.50 bits per heavy atom. The summed E-state index contributed by atoms with van der Waals surface area (Å²) >= 11 is 0. The van der Waals surface area contributed by atoms with E-state index < -0.39 is 5.63 Å². The quantitative estimate of drug-likeness (QED) is 0.712. The molecule has 0 unspecified atom stereocenters. The van der Waals surface area contributed by atoms with Crippen molar-refractivity contribution in [2.45, 2.75) is 26.7 Å². The molecule has 1 aliphatic rings. The third-order valence-electron chi connectivity index (χ3n) is 5.23. The Kier molecular flexibility index (Phi) is 6.34. The second-order valence-electron chi connectivity index (χ2n) is 6.91. The van der Waals surface area contributed by atoms with Gasteiger partial charge in [-0.25, -0.2) is 4.79 Å². The van der Waals surface area contributed by atoms with Crippen molar-refractivity contribution in [1.29, 1.82) is 0 Å². The number of rotatable bonds is 6. The Balaban J connectivity index is 1.52. The van der Waals surface area contributed by atoms with Gasteiger partial charge in [0.1, 0.15) is 11.3 Å². The summed E-state index contributed by atoms with van der Waals surface area (Å²) in [6.07, 6.45) is 1.37. The molecule has 0 bridgehead atoms. The number of likely N-dealkylation sites (tertiary alicyclic amines) is 1. The molecule has 0 N–H and O–H groups in total. The van der Waals surface area contributed by atoms with Crippen LogP contribution >= 0.6 is 0 Å². The first kappa shape index (κ1) is 19.9. The number of hydrogen-bond donors (Lipinski definition) is 0. The lowest BCUT2D eigenvalue weighted by Crippen LogP contribution is -2.45. The number of carbonyl (C=O) groups excluding carboxylic acids is 2. The average Bonchev–Trinajstić information content (AvgIpc) is 2.72. The van der Waals surface area contributed by atoms with E-state index >= 15 is 0 Å². The van der Waals surface area contributed by atoms with E-state index in [0.717, 1.165) is 5.39 Å². The van der Waals surface area contributed by atoms with Crippen molar-refractivity contribution in [1.82, 2.24) is 9.80 Å². The molecule has 150 valence electrons. The van der Waals surface area contributed by atoms with Crippen molar-refractivity contribution >= 4 is 22.8 Å². The van der Waals surface area contributed by atoms with Crippen LogP contribution in [0.2, 0.25) is 0 Å². The molecule has 1 aliphatic heterocycles. The van der Waals surface area contributed by atoms with Gasteiger partial charge in [-0.1, -0.05) is 0 Å². The zero-order chi connectivity index (χ0) is 20.1. The minimum atomic E-state index is -0.428. The summed E-state index contributed by atoms with van der Waals surface area (Å²) in [7, 11) is 0. The summed E-state index contributed by atoms with van der Waals surface area (Å²) < 4.78 is 10.7. The van der Waals surface area contributed by atoms with E-state index in [0.29, 0.717) is 50.4 Å². The van der Waals surface area contributed by atoms with Crippen molar-refractivity contribution in [3.8, 4) is 5.75 Å². The highest BCUT2D eigenvalue weighted by Crippen LogP contribution is 2.21. The molecule has 0 spiro atoms. The van der Waals surface area contributed by atoms with E-state index in [2.05, 4.69) is 0 Å². The molecule has 7 heteroatoms. The normalized spacial score (nSPS) is 14.9. The van der Waals surface area contributed by atoms with Crippen molar-refractivity contribution in [3.05, 3.63) is 40.8 Å². The van der Waals surface area contributed by atoms with Gasteiger partial charge in [0.25, 0.3) is 5.91 Å². The Morgan fingerprint density at radius 2 is 1.82 bits per heavy atom. The van der Waals surface area contributed by atoms with Gasteiger partial charge < -0.3 is 19.0 Å². The number of hydrogen-bond acceptors (Lipinski definition) is 5. The van der Waals surface area contributed by atoms with E-state index in [1.54, 1.807) is 29.2 Å². The molecule has 1 aromatic carbocycles. The third-order valence-corrected chi connectivity index (χ3v) is 5.23. The van der Waals surface area contributed by atoms with Gasteiger partial charge in [-0.05, 0) is 44.9 Å². The smallest absolute Gasteiger partial charge is 0.336 e. The van der Waals surface area contributed by atoms with Crippen LogP contribution in [0.15, 0.2) is 39.5 Å². The fourth-order valence-electron chi connectivity index (χ4n) is 3.54. The lowest BCUT2D eigenvalue weighted by atomic mass is 9.95. The SMILES string of the molecule is CCN(CC)C(=O)C1CCN(C(=O)COc2ccc3ccc(=O)oc3c2)CC1. The van der Waals surface area contributed by atoms with Crippen LogP contribution in [0, 0.1) is 5.92 Å². The van der Waals surface area contributed by atoms with Gasteiger partial charge in [0.2, 0.25) is 5.91 Å². The lowest BCUT2D eigenvalue weighted by Gasteiger charge is -2.33. The number of amides is 2. The predicted molar refractivity (Wildman–Crippen MR) is 105 cm³/mol. The van der Waals surface area contributed by atoms with Crippen LogP contribution in [0.25, 0.3) is 11.0 Å². The largest absolute Gasteiger partial charge is 0.484 e. The number of piperidine rings is 1. The molecule has 0 atom stereocenters. The molecule has 3 rings (SSSR count). The number of nitrogens with zero attached hydrogens (tertiary/aromatic N) is 2. The molecule has 0 radical (unpaired) electrons. The summed E-state index contributed by atoms with van der Waals surface area (Å²) in [5, 5.41) is 0.790. The molecular formula is C21H26N2O5. The van der Waals surface area contributed by atoms with Gasteiger partial charge in [-0.3, -0.25) is 9.59 Å². The van der Waals surface area contributed by atoms with Crippen LogP contribution in [0.1, 0.15) is 26.7 Å². The van der Waals surface area contributed by atoms with E-state index in [1.807, 2.05) is 18.7 Å². The van der Waals surface area contributed by atoms with Crippen LogP contribution in [0.3, 0.4) is 0 Å². The molecule has 2 aromatic rings. The second kappa shape index (κ2) is 8.91. The van der Waals surface area contributed by atoms with Crippen LogP contribution in [0.4, 0.5) is 0 Å². The highest BCUT2D eigenvalue weighted by Gasteiger charge is 2.29. The number of fused-ring (bicyclic) bond motifs is 1. The zero-order valence-electron chi connectivity index (χ0n) is 16.3. The van der Waals surface area contributed by atoms with Gasteiger partial charge in [0, 0.05) is 49.6 Å². The van der Waals surface area contributed by atoms with Crippen LogP contribution in [0.5, 0.6) is 5.75 Å². The monoisotopic (exact) mass is 386 g/mol. The van der Waals surface area contributed by atoms with Crippen molar-refractivity contribution in [2.24, 2.45) is 5.92 Å². The van der Waals surface area contributed by atoms with E-state index in [9.17, 15) is 14.4 Å². The first-order valence-electron chi connectivity index (χ1n) is 9.75. The number of benzene rings is 1. The summed E-state index contributed by atoms with van der Waals surface area (Å²) in [5.74, 6) is 0.546. The summed E-state index contributed by atoms with van der Waals surface area (Å²) in [6, 6.07) is 8.17. The van der Waals surface area contributed by atoms with Gasteiger partial charge in [0.15, 0.2) is 6.61 Å². The Morgan fingerprint density at radius 1 is 1.14 bits per heavy atom. The minimum Gasteiger partial charge on any atom is -0.484 e. The maximum atomic E-state index is 12.4. The standard InChI is InChI=1S/C21H26N2O5/c1-3-22(4-2)21(26)16-9-11-23(12-10-16)19(24)14-27-17-7-5-15-6-8-20(25)28-18(15)13-17/h5-8,13,16H,3-4,9-12,14H2,1-2H3. The van der Waals surface area contributed by atoms with Crippen molar-refractivity contribution < 1.29 is 18.7 Å². The third kappa shape index (κ3) is 4.52. The Hall–Kier alpha value is -2.83. The molecule has 1 saturated heterocycles. The maximum Gasteiger partial charge on any atom is 0.336 e. The number of carbonyl (C=O) groups is 2. The van der Waals surface area contributed by atoms with E-state index in [4.69, 9.17) is 9.15 Å². The van der Waals surface area contributed by atoms with Gasteiger partial charge in [-0.2, -0.15) is 0 Å². The Labute approximate surface area is 163 Å². The van der Waals surface area contributed by atoms with E-state index in [-0.39, 0.29) is 24.3 Å². The molecule has 0 saturated carbocycles. The molecule has 1 fully saturated rings. The predicted octanol–water partition coefficient (Wildman–Crippen LogP) is 2.28. The van der Waals surface area contributed by atoms with Gasteiger partial charge in [-0.15, -0.1) is 0 Å². The van der Waals surface area contributed by atoms with Crippen molar-refractivity contribution in [3.63, 3.8) is 0 Å². The first-order valence-corrected chi connectivity index (χ1v) is 9.75. The van der Waals surface area contributed by atoms with Crippen LogP contribution < -0.4 is 10.4 Å². The Bertz CT molecular complexity index is 895. The van der Waals surface area contributed by atoms with E-state index in [1.165, 1.54) is 6.07 Å². The lowest BCUT2D eigenvalue weighted by molar-refractivity contribution is -0.141. The molecule has 0 aliphatic carbocycles. The van der Waals surface area contributed by atoms with Gasteiger partial charge in [0.05, 0.1) is 0 Å². The summed E-state index contributed by atoms with van der Waals surface area (Å²) in [4.78, 5) is 39.8. The number of ether oxygens (including phenoxy) is 1. The molecule has 1 aromatic heterocycles. The molecular weight excluding hydrogens is 360 g/mol. The molecule has 28 heavy (non-hydrogen) atoms. The maximum absolute atomic E-state index is 12.4. The molecule has 2 amide bonds. The molecule has 2 heterocycles. The average molecular weight is 386 g/mol. The zero-order valence-corrected chi connectivity index (χ0v) is 16.3. The van der Waals surface area contributed by atoms with Crippen LogP contribution in [-0.4, -0.2) is 54.4 Å². The molecule has 7 nitrogen and oxygen atoms in total.